The number of hydrogen-bond acceptors (Lipinski definition) is 5. The molecule has 1 aromatic carbocycles. The van der Waals surface area contributed by atoms with E-state index in [1.54, 1.807) is 18.3 Å². The molecule has 122 valence electrons. The molecule has 0 bridgehead atoms. The molecule has 0 fully saturated rings. The SMILES string of the molecule is CCOC(=O)C(C#N)(CCN(C)C)c1csc2ccc(C)cc12. The molecule has 1 atom stereocenters. The molecule has 2 rings (SSSR count). The van der Waals surface area contributed by atoms with Crippen LogP contribution in [0.4, 0.5) is 0 Å². The number of nitriles is 1. The summed E-state index contributed by atoms with van der Waals surface area (Å²) in [5.74, 6) is -0.453. The number of thiophene rings is 1. The third-order valence-corrected chi connectivity index (χ3v) is 4.90. The lowest BCUT2D eigenvalue weighted by atomic mass is 9.78. The predicted molar refractivity (Wildman–Crippen MR) is 93.7 cm³/mol. The Kier molecular flexibility index (Phi) is 5.40. The molecule has 0 saturated heterocycles. The number of rotatable bonds is 6. The van der Waals surface area contributed by atoms with Crippen LogP contribution in [0.1, 0.15) is 24.5 Å². The number of benzene rings is 1. The van der Waals surface area contributed by atoms with Gasteiger partial charge in [-0.15, -0.1) is 11.3 Å². The van der Waals surface area contributed by atoms with Gasteiger partial charge in [-0.1, -0.05) is 17.7 Å². The van der Waals surface area contributed by atoms with E-state index < -0.39 is 11.4 Å². The second-order valence-corrected chi connectivity index (χ2v) is 6.85. The largest absolute Gasteiger partial charge is 0.465 e. The average molecular weight is 330 g/mol. The van der Waals surface area contributed by atoms with Crippen LogP contribution >= 0.6 is 11.3 Å². The van der Waals surface area contributed by atoms with Crippen LogP contribution in [0.2, 0.25) is 0 Å². The summed E-state index contributed by atoms with van der Waals surface area (Å²) >= 11 is 1.56. The van der Waals surface area contributed by atoms with Crippen molar-refractivity contribution in [2.75, 3.05) is 27.2 Å². The molecule has 23 heavy (non-hydrogen) atoms. The first-order chi connectivity index (χ1) is 10.9. The summed E-state index contributed by atoms with van der Waals surface area (Å²) in [6.07, 6.45) is 0.412. The summed E-state index contributed by atoms with van der Waals surface area (Å²) in [4.78, 5) is 14.7. The number of hydrogen-bond donors (Lipinski definition) is 0. The molecule has 0 radical (unpaired) electrons. The Morgan fingerprint density at radius 3 is 2.78 bits per heavy atom. The zero-order valence-electron chi connectivity index (χ0n) is 14.0. The summed E-state index contributed by atoms with van der Waals surface area (Å²) in [7, 11) is 3.87. The number of esters is 1. The van der Waals surface area contributed by atoms with E-state index in [0.717, 1.165) is 21.2 Å². The van der Waals surface area contributed by atoms with Gasteiger partial charge in [0, 0.05) is 10.3 Å². The molecule has 2 aromatic rings. The van der Waals surface area contributed by atoms with Gasteiger partial charge in [0.25, 0.3) is 0 Å². The normalized spacial score (nSPS) is 13.7. The van der Waals surface area contributed by atoms with Crippen molar-refractivity contribution >= 4 is 27.4 Å². The second kappa shape index (κ2) is 7.12. The fourth-order valence-corrected chi connectivity index (χ4v) is 3.64. The van der Waals surface area contributed by atoms with Crippen LogP contribution in [0.25, 0.3) is 10.1 Å². The van der Waals surface area contributed by atoms with E-state index in [1.165, 1.54) is 0 Å². The Morgan fingerprint density at radius 1 is 1.43 bits per heavy atom. The fourth-order valence-electron chi connectivity index (χ4n) is 2.63. The van der Waals surface area contributed by atoms with Crippen molar-refractivity contribution in [2.24, 2.45) is 0 Å². The third kappa shape index (κ3) is 3.39. The van der Waals surface area contributed by atoms with E-state index in [9.17, 15) is 10.1 Å². The van der Waals surface area contributed by atoms with E-state index in [1.807, 2.05) is 49.5 Å². The molecule has 0 saturated carbocycles. The van der Waals surface area contributed by atoms with E-state index in [4.69, 9.17) is 4.74 Å². The standard InChI is InChI=1S/C18H22N2O2S/c1-5-22-17(21)18(12-19,8-9-20(3)4)15-11-23-16-7-6-13(2)10-14(15)16/h6-7,10-11H,5,8-9H2,1-4H3. The van der Waals surface area contributed by atoms with Crippen molar-refractivity contribution in [1.29, 1.82) is 5.26 Å². The van der Waals surface area contributed by atoms with E-state index in [0.29, 0.717) is 13.0 Å². The first-order valence-electron chi connectivity index (χ1n) is 7.66. The Bertz CT molecular complexity index is 745. The molecule has 0 amide bonds. The van der Waals surface area contributed by atoms with E-state index in [2.05, 4.69) is 6.07 Å². The van der Waals surface area contributed by atoms with E-state index >= 15 is 0 Å². The highest BCUT2D eigenvalue weighted by Gasteiger charge is 2.43. The van der Waals surface area contributed by atoms with Crippen LogP contribution in [-0.4, -0.2) is 38.1 Å². The highest BCUT2D eigenvalue weighted by molar-refractivity contribution is 7.17. The Morgan fingerprint density at radius 2 is 2.17 bits per heavy atom. The molecule has 5 heteroatoms. The van der Waals surface area contributed by atoms with Crippen LogP contribution in [0.3, 0.4) is 0 Å². The minimum atomic E-state index is -1.26. The molecule has 0 spiro atoms. The fraction of sp³-hybridized carbons (Fsp3) is 0.444. The van der Waals surface area contributed by atoms with Crippen LogP contribution in [0.5, 0.6) is 0 Å². The number of nitrogens with zero attached hydrogens (tertiary/aromatic N) is 2. The first-order valence-corrected chi connectivity index (χ1v) is 8.54. The third-order valence-electron chi connectivity index (χ3n) is 3.94. The van der Waals surface area contributed by atoms with Crippen molar-refractivity contribution in [1.82, 2.24) is 4.90 Å². The highest BCUT2D eigenvalue weighted by atomic mass is 32.1. The van der Waals surface area contributed by atoms with Gasteiger partial charge in [0.1, 0.15) is 0 Å². The molecule has 4 nitrogen and oxygen atoms in total. The summed E-state index contributed by atoms with van der Waals surface area (Å²) in [5, 5.41) is 12.8. The maximum atomic E-state index is 12.7. The van der Waals surface area contributed by atoms with Crippen molar-refractivity contribution in [3.63, 3.8) is 0 Å². The van der Waals surface area contributed by atoms with Crippen LogP contribution in [0.15, 0.2) is 23.6 Å². The second-order valence-electron chi connectivity index (χ2n) is 5.94. The topological polar surface area (TPSA) is 53.3 Å². The van der Waals surface area contributed by atoms with Gasteiger partial charge in [0.15, 0.2) is 5.41 Å². The Labute approximate surface area is 141 Å². The van der Waals surface area contributed by atoms with Crippen LogP contribution in [0, 0.1) is 18.3 Å². The monoisotopic (exact) mass is 330 g/mol. The van der Waals surface area contributed by atoms with Crippen molar-refractivity contribution in [3.8, 4) is 6.07 Å². The molecular weight excluding hydrogens is 308 g/mol. The van der Waals surface area contributed by atoms with Crippen LogP contribution < -0.4 is 0 Å². The van der Waals surface area contributed by atoms with Crippen LogP contribution in [-0.2, 0) is 14.9 Å². The summed E-state index contributed by atoms with van der Waals surface area (Å²) in [5.41, 5.74) is 0.622. The lowest BCUT2D eigenvalue weighted by Crippen LogP contribution is -2.38. The zero-order chi connectivity index (χ0) is 17.0. The molecule has 0 aliphatic carbocycles. The molecule has 1 heterocycles. The molecule has 0 aliphatic rings. The molecular formula is C18H22N2O2S. The zero-order valence-corrected chi connectivity index (χ0v) is 14.9. The summed E-state index contributed by atoms with van der Waals surface area (Å²) in [6.45, 7) is 4.68. The number of carbonyl (C=O) groups excluding carboxylic acids is 1. The highest BCUT2D eigenvalue weighted by Crippen LogP contribution is 2.38. The quantitative estimate of drug-likeness (QED) is 0.761. The van der Waals surface area contributed by atoms with Gasteiger partial charge in [0.05, 0.1) is 12.7 Å². The van der Waals surface area contributed by atoms with Crippen molar-refractivity contribution in [2.45, 2.75) is 25.7 Å². The average Bonchev–Trinajstić information content (AvgIpc) is 2.92. The van der Waals surface area contributed by atoms with Gasteiger partial charge in [-0.25, -0.2) is 4.79 Å². The Hall–Kier alpha value is -1.90. The van der Waals surface area contributed by atoms with Gasteiger partial charge in [0.2, 0.25) is 0 Å². The van der Waals surface area contributed by atoms with Gasteiger partial charge in [-0.3, -0.25) is 0 Å². The summed E-state index contributed by atoms with van der Waals surface area (Å²) in [6, 6.07) is 8.40. The molecule has 0 aliphatic heterocycles. The minimum Gasteiger partial charge on any atom is -0.465 e. The van der Waals surface area contributed by atoms with Gasteiger partial charge in [-0.2, -0.15) is 5.26 Å². The lowest BCUT2D eigenvalue weighted by molar-refractivity contribution is -0.148. The number of ether oxygens (including phenoxy) is 1. The molecule has 1 unspecified atom stereocenters. The maximum absolute atomic E-state index is 12.7. The predicted octanol–water partition coefficient (Wildman–Crippen LogP) is 3.49. The summed E-state index contributed by atoms with van der Waals surface area (Å²) < 4.78 is 6.34. The van der Waals surface area contributed by atoms with Gasteiger partial charge < -0.3 is 9.64 Å². The number of aryl methyl sites for hydroxylation is 1. The lowest BCUT2D eigenvalue weighted by Gasteiger charge is -2.26. The van der Waals surface area contributed by atoms with E-state index in [-0.39, 0.29) is 6.61 Å². The maximum Gasteiger partial charge on any atom is 0.331 e. The van der Waals surface area contributed by atoms with Gasteiger partial charge >= 0.3 is 5.97 Å². The van der Waals surface area contributed by atoms with Gasteiger partial charge in [-0.05, 0) is 57.7 Å². The van der Waals surface area contributed by atoms with Crippen molar-refractivity contribution in [3.05, 3.63) is 34.7 Å². The first kappa shape index (κ1) is 17.5. The number of fused-ring (bicyclic) bond motifs is 1. The smallest absolute Gasteiger partial charge is 0.331 e. The molecule has 1 aromatic heterocycles. The number of carbonyl (C=O) groups is 1. The minimum absolute atomic E-state index is 0.269. The Balaban J connectivity index is 2.61. The van der Waals surface area contributed by atoms with Crippen molar-refractivity contribution < 1.29 is 9.53 Å². The molecule has 0 N–H and O–H groups in total.